The average Bonchev–Trinajstić information content (AvgIpc) is 3.38. The van der Waals surface area contributed by atoms with Crippen molar-refractivity contribution >= 4 is 22.7 Å². The summed E-state index contributed by atoms with van der Waals surface area (Å²) in [5, 5.41) is 4.47. The van der Waals surface area contributed by atoms with Crippen molar-refractivity contribution < 1.29 is 9.59 Å². The van der Waals surface area contributed by atoms with Gasteiger partial charge in [-0.15, -0.1) is 0 Å². The lowest BCUT2D eigenvalue weighted by atomic mass is 9.90. The van der Waals surface area contributed by atoms with Crippen molar-refractivity contribution in [3.63, 3.8) is 0 Å². The summed E-state index contributed by atoms with van der Waals surface area (Å²) >= 11 is 0. The van der Waals surface area contributed by atoms with E-state index in [0.717, 1.165) is 55.1 Å². The maximum Gasteiger partial charge on any atom is 0.271 e. The van der Waals surface area contributed by atoms with Crippen LogP contribution in [0, 0.1) is 0 Å². The number of nitrogens with one attached hydrogen (secondary N) is 1. The van der Waals surface area contributed by atoms with Crippen molar-refractivity contribution in [3.05, 3.63) is 36.0 Å². The molecule has 2 saturated carbocycles. The van der Waals surface area contributed by atoms with Crippen LogP contribution in [0.15, 0.2) is 30.3 Å². The van der Waals surface area contributed by atoms with Crippen LogP contribution in [0.25, 0.3) is 10.9 Å². The average molecular weight is 422 g/mol. The van der Waals surface area contributed by atoms with E-state index in [2.05, 4.69) is 22.0 Å². The Morgan fingerprint density at radius 3 is 2.35 bits per heavy atom. The summed E-state index contributed by atoms with van der Waals surface area (Å²) < 4.78 is 2.08. The minimum Gasteiger partial charge on any atom is -0.351 e. The first-order valence-electron chi connectivity index (χ1n) is 12.3. The third-order valence-electron chi connectivity index (χ3n) is 7.87. The SMILES string of the molecule is CC1(C(=O)NC2CCCCCCC2)Cn2c(cc3ccccc32)C(=O)N1C1CCCC1. The Morgan fingerprint density at radius 2 is 1.61 bits per heavy atom. The number of rotatable bonds is 3. The monoisotopic (exact) mass is 421 g/mol. The third kappa shape index (κ3) is 3.66. The largest absolute Gasteiger partial charge is 0.351 e. The molecule has 0 radical (unpaired) electrons. The normalized spacial score (nSPS) is 26.0. The molecule has 5 heteroatoms. The number of para-hydroxylation sites is 1. The summed E-state index contributed by atoms with van der Waals surface area (Å²) in [7, 11) is 0. The van der Waals surface area contributed by atoms with Gasteiger partial charge in [0.05, 0.1) is 6.54 Å². The van der Waals surface area contributed by atoms with Gasteiger partial charge in [-0.3, -0.25) is 9.59 Å². The summed E-state index contributed by atoms with van der Waals surface area (Å²) in [6.45, 7) is 2.52. The van der Waals surface area contributed by atoms with E-state index in [-0.39, 0.29) is 23.9 Å². The predicted molar refractivity (Wildman–Crippen MR) is 123 cm³/mol. The molecule has 5 rings (SSSR count). The lowest BCUT2D eigenvalue weighted by Crippen LogP contribution is -2.67. The molecule has 31 heavy (non-hydrogen) atoms. The topological polar surface area (TPSA) is 54.3 Å². The van der Waals surface area contributed by atoms with Crippen LogP contribution in [0.1, 0.15) is 88.0 Å². The Kier molecular flexibility index (Phi) is 5.53. The highest BCUT2D eigenvalue weighted by Crippen LogP contribution is 2.38. The van der Waals surface area contributed by atoms with Gasteiger partial charge in [0.15, 0.2) is 0 Å². The van der Waals surface area contributed by atoms with Crippen LogP contribution in [0.4, 0.5) is 0 Å². The molecular formula is C26H35N3O2. The highest BCUT2D eigenvalue weighted by atomic mass is 16.2. The molecule has 0 spiro atoms. The van der Waals surface area contributed by atoms with Crippen LogP contribution in [-0.4, -0.2) is 38.9 Å². The first-order valence-corrected chi connectivity index (χ1v) is 12.3. The molecule has 1 aliphatic heterocycles. The maximum absolute atomic E-state index is 13.8. The van der Waals surface area contributed by atoms with Crippen molar-refractivity contribution in [1.29, 1.82) is 0 Å². The van der Waals surface area contributed by atoms with E-state index in [1.165, 1.54) is 32.1 Å². The number of aromatic nitrogens is 1. The summed E-state index contributed by atoms with van der Waals surface area (Å²) in [4.78, 5) is 29.6. The van der Waals surface area contributed by atoms with Crippen molar-refractivity contribution in [2.45, 2.75) is 102 Å². The number of amides is 2. The zero-order valence-electron chi connectivity index (χ0n) is 18.7. The second-order valence-corrected chi connectivity index (χ2v) is 10.1. The third-order valence-corrected chi connectivity index (χ3v) is 7.87. The van der Waals surface area contributed by atoms with Gasteiger partial charge in [-0.05, 0) is 44.7 Å². The van der Waals surface area contributed by atoms with Crippen molar-refractivity contribution in [1.82, 2.24) is 14.8 Å². The first-order chi connectivity index (χ1) is 15.1. The zero-order chi connectivity index (χ0) is 21.4. The van der Waals surface area contributed by atoms with Crippen LogP contribution in [0.5, 0.6) is 0 Å². The number of hydrogen-bond acceptors (Lipinski definition) is 2. The van der Waals surface area contributed by atoms with Crippen LogP contribution in [0.2, 0.25) is 0 Å². The van der Waals surface area contributed by atoms with E-state index < -0.39 is 5.54 Å². The maximum atomic E-state index is 13.8. The van der Waals surface area contributed by atoms with E-state index in [1.807, 2.05) is 30.0 Å². The Labute approximate surface area is 185 Å². The molecule has 1 unspecified atom stereocenters. The summed E-state index contributed by atoms with van der Waals surface area (Å²) in [6, 6.07) is 10.5. The number of carbonyl (C=O) groups is 2. The molecule has 2 aliphatic carbocycles. The Balaban J connectivity index is 1.50. The van der Waals surface area contributed by atoms with Gasteiger partial charge in [0, 0.05) is 23.0 Å². The lowest BCUT2D eigenvalue weighted by Gasteiger charge is -2.47. The van der Waals surface area contributed by atoms with Crippen LogP contribution < -0.4 is 5.32 Å². The molecule has 0 bridgehead atoms. The predicted octanol–water partition coefficient (Wildman–Crippen LogP) is 5.03. The fraction of sp³-hybridized carbons (Fsp3) is 0.615. The number of benzene rings is 1. The zero-order valence-corrected chi connectivity index (χ0v) is 18.7. The Hall–Kier alpha value is -2.30. The second-order valence-electron chi connectivity index (χ2n) is 10.1. The highest BCUT2D eigenvalue weighted by molar-refractivity contribution is 6.03. The Morgan fingerprint density at radius 1 is 0.968 bits per heavy atom. The standard InChI is InChI=1S/C26H35N3O2/c1-26(25(31)27-20-12-5-3-2-4-6-13-20)18-28-22-16-10-7-11-19(22)17-23(28)24(30)29(26)21-14-8-9-15-21/h7,10-11,16-17,20-21H,2-6,8-9,12-15,18H2,1H3,(H,27,31). The molecule has 2 amide bonds. The molecule has 1 aromatic heterocycles. The van der Waals surface area contributed by atoms with E-state index in [9.17, 15) is 9.59 Å². The van der Waals surface area contributed by atoms with Crippen LogP contribution >= 0.6 is 0 Å². The van der Waals surface area contributed by atoms with Crippen molar-refractivity contribution in [3.8, 4) is 0 Å². The van der Waals surface area contributed by atoms with Crippen molar-refractivity contribution in [2.75, 3.05) is 0 Å². The van der Waals surface area contributed by atoms with Gasteiger partial charge in [-0.2, -0.15) is 0 Å². The molecule has 2 heterocycles. The minimum atomic E-state index is -0.858. The smallest absolute Gasteiger partial charge is 0.271 e. The quantitative estimate of drug-likeness (QED) is 0.756. The summed E-state index contributed by atoms with van der Waals surface area (Å²) in [6.07, 6.45) is 12.6. The molecule has 1 atom stereocenters. The summed E-state index contributed by atoms with van der Waals surface area (Å²) in [5.41, 5.74) is 0.912. The van der Waals surface area contributed by atoms with E-state index in [0.29, 0.717) is 6.54 Å². The molecule has 3 aliphatic rings. The second kappa shape index (κ2) is 8.33. The number of nitrogens with zero attached hydrogens (tertiary/aromatic N) is 2. The molecule has 166 valence electrons. The van der Waals surface area contributed by atoms with E-state index >= 15 is 0 Å². The van der Waals surface area contributed by atoms with Crippen LogP contribution in [0.3, 0.4) is 0 Å². The van der Waals surface area contributed by atoms with E-state index in [4.69, 9.17) is 0 Å². The van der Waals surface area contributed by atoms with Crippen LogP contribution in [-0.2, 0) is 11.3 Å². The first kappa shape index (κ1) is 20.6. The van der Waals surface area contributed by atoms with Crippen molar-refractivity contribution in [2.24, 2.45) is 0 Å². The number of fused-ring (bicyclic) bond motifs is 3. The number of hydrogen-bond donors (Lipinski definition) is 1. The van der Waals surface area contributed by atoms with Gasteiger partial charge in [0.1, 0.15) is 11.2 Å². The molecule has 2 aromatic rings. The van der Waals surface area contributed by atoms with Gasteiger partial charge in [0.25, 0.3) is 5.91 Å². The molecule has 2 fully saturated rings. The van der Waals surface area contributed by atoms with Gasteiger partial charge in [-0.25, -0.2) is 0 Å². The fourth-order valence-corrected chi connectivity index (χ4v) is 6.14. The molecule has 1 aromatic carbocycles. The molecule has 1 N–H and O–H groups in total. The van der Waals surface area contributed by atoms with Gasteiger partial charge >= 0.3 is 0 Å². The van der Waals surface area contributed by atoms with E-state index in [1.54, 1.807) is 0 Å². The summed E-state index contributed by atoms with van der Waals surface area (Å²) in [5.74, 6) is 0.0476. The number of carbonyl (C=O) groups excluding carboxylic acids is 2. The Bertz CT molecular complexity index is 966. The van der Waals surface area contributed by atoms with Gasteiger partial charge < -0.3 is 14.8 Å². The molecule has 5 nitrogen and oxygen atoms in total. The fourth-order valence-electron chi connectivity index (χ4n) is 6.14. The minimum absolute atomic E-state index is 0.0182. The van der Waals surface area contributed by atoms with Gasteiger partial charge in [0.2, 0.25) is 5.91 Å². The molecular weight excluding hydrogens is 386 g/mol. The lowest BCUT2D eigenvalue weighted by molar-refractivity contribution is -0.135. The van der Waals surface area contributed by atoms with Gasteiger partial charge in [-0.1, -0.05) is 63.1 Å². The highest BCUT2D eigenvalue weighted by Gasteiger charge is 2.51. The molecule has 0 saturated heterocycles.